The van der Waals surface area contributed by atoms with Crippen LogP contribution >= 0.6 is 23.2 Å². The van der Waals surface area contributed by atoms with E-state index in [9.17, 15) is 18.0 Å². The third-order valence-electron chi connectivity index (χ3n) is 3.26. The fourth-order valence-electron chi connectivity index (χ4n) is 2.07. The maximum absolute atomic E-state index is 12.8. The highest BCUT2D eigenvalue weighted by Gasteiger charge is 2.36. The number of hydrogen-bond acceptors (Lipinski definition) is 2. The summed E-state index contributed by atoms with van der Waals surface area (Å²) in [6.07, 6.45) is -3.92. The van der Waals surface area contributed by atoms with Gasteiger partial charge in [0.15, 0.2) is 0 Å². The van der Waals surface area contributed by atoms with Crippen molar-refractivity contribution in [3.05, 3.63) is 58.6 Å². The van der Waals surface area contributed by atoms with Crippen LogP contribution in [-0.2, 0) is 4.74 Å². The summed E-state index contributed by atoms with van der Waals surface area (Å²) in [6, 6.07) is 3.72. The Balaban J connectivity index is 3.29. The Hall–Kier alpha value is -1.66. The van der Waals surface area contributed by atoms with Gasteiger partial charge in [-0.25, -0.2) is 4.79 Å². The molecule has 1 unspecified atom stereocenters. The van der Waals surface area contributed by atoms with Gasteiger partial charge in [0.25, 0.3) is 0 Å². The first-order valence-electron chi connectivity index (χ1n) is 6.77. The summed E-state index contributed by atoms with van der Waals surface area (Å²) in [6.45, 7) is 5.82. The van der Waals surface area contributed by atoms with Gasteiger partial charge in [-0.05, 0) is 24.1 Å². The first-order valence-corrected chi connectivity index (χ1v) is 7.52. The first-order chi connectivity index (χ1) is 11.1. The van der Waals surface area contributed by atoms with E-state index >= 15 is 0 Å². The highest BCUT2D eigenvalue weighted by Crippen LogP contribution is 2.35. The van der Waals surface area contributed by atoms with Crippen LogP contribution in [0.5, 0.6) is 0 Å². The fourth-order valence-corrected chi connectivity index (χ4v) is 2.60. The SMILES string of the molecule is C=CCC(c1ccc(Cl)cc1Cl)N(CC(=C)C(F)(F)F)C(=O)OC. The molecule has 24 heavy (non-hydrogen) atoms. The van der Waals surface area contributed by atoms with Crippen LogP contribution in [-0.4, -0.2) is 30.8 Å². The molecule has 3 nitrogen and oxygen atoms in total. The van der Waals surface area contributed by atoms with Crippen molar-refractivity contribution in [3.63, 3.8) is 0 Å². The van der Waals surface area contributed by atoms with E-state index in [0.29, 0.717) is 10.6 Å². The molecule has 1 aromatic rings. The van der Waals surface area contributed by atoms with Crippen molar-refractivity contribution < 1.29 is 22.7 Å². The van der Waals surface area contributed by atoms with Gasteiger partial charge >= 0.3 is 12.3 Å². The number of methoxy groups -OCH3 is 1. The number of carbonyl (C=O) groups is 1. The summed E-state index contributed by atoms with van der Waals surface area (Å²) in [4.78, 5) is 12.9. The van der Waals surface area contributed by atoms with Gasteiger partial charge in [0.1, 0.15) is 0 Å². The molecule has 0 spiro atoms. The molecule has 8 heteroatoms. The van der Waals surface area contributed by atoms with Crippen molar-refractivity contribution >= 4 is 29.3 Å². The van der Waals surface area contributed by atoms with Crippen LogP contribution < -0.4 is 0 Å². The van der Waals surface area contributed by atoms with E-state index in [1.54, 1.807) is 6.07 Å². The fraction of sp³-hybridized carbons (Fsp3) is 0.312. The monoisotopic (exact) mass is 381 g/mol. The molecule has 0 N–H and O–H groups in total. The Bertz CT molecular complexity index is 632. The zero-order valence-electron chi connectivity index (χ0n) is 12.9. The highest BCUT2D eigenvalue weighted by molar-refractivity contribution is 6.35. The maximum Gasteiger partial charge on any atom is 0.413 e. The van der Waals surface area contributed by atoms with Gasteiger partial charge in [-0.15, -0.1) is 6.58 Å². The van der Waals surface area contributed by atoms with Gasteiger partial charge in [0.05, 0.1) is 19.7 Å². The van der Waals surface area contributed by atoms with Crippen molar-refractivity contribution in [1.29, 1.82) is 0 Å². The minimum atomic E-state index is -4.63. The summed E-state index contributed by atoms with van der Waals surface area (Å²) >= 11 is 12.0. The molecule has 0 bridgehead atoms. The molecule has 1 aromatic carbocycles. The number of nitrogens with zero attached hydrogens (tertiary/aromatic N) is 1. The number of hydrogen-bond donors (Lipinski definition) is 0. The molecule has 0 radical (unpaired) electrons. The predicted molar refractivity (Wildman–Crippen MR) is 88.3 cm³/mol. The lowest BCUT2D eigenvalue weighted by molar-refractivity contribution is -0.0954. The lowest BCUT2D eigenvalue weighted by Crippen LogP contribution is -2.38. The van der Waals surface area contributed by atoms with Gasteiger partial charge in [-0.1, -0.05) is 41.9 Å². The standard InChI is InChI=1S/C16H16Cl2F3NO2/c1-4-5-14(12-7-6-11(17)8-13(12)18)22(15(23)24-3)9-10(2)16(19,20)21/h4,6-8,14H,1-2,5,9H2,3H3. The molecule has 1 atom stereocenters. The van der Waals surface area contributed by atoms with Crippen molar-refractivity contribution in [3.8, 4) is 0 Å². The first kappa shape index (κ1) is 20.4. The summed E-state index contributed by atoms with van der Waals surface area (Å²) < 4.78 is 43.1. The number of rotatable bonds is 6. The lowest BCUT2D eigenvalue weighted by Gasteiger charge is -2.32. The molecule has 0 saturated heterocycles. The molecular weight excluding hydrogens is 366 g/mol. The molecular formula is C16H16Cl2F3NO2. The molecule has 0 fully saturated rings. The summed E-state index contributed by atoms with van der Waals surface area (Å²) in [5.74, 6) is 0. The Kier molecular flexibility index (Phi) is 7.17. The van der Waals surface area contributed by atoms with Crippen LogP contribution in [0.15, 0.2) is 43.0 Å². The average Bonchev–Trinajstić information content (AvgIpc) is 2.49. The second-order valence-electron chi connectivity index (χ2n) is 4.91. The largest absolute Gasteiger partial charge is 0.453 e. The molecule has 132 valence electrons. The van der Waals surface area contributed by atoms with Crippen LogP contribution in [0.25, 0.3) is 0 Å². The molecule has 0 saturated carbocycles. The molecule has 0 aromatic heterocycles. The third kappa shape index (κ3) is 5.18. The highest BCUT2D eigenvalue weighted by atomic mass is 35.5. The average molecular weight is 382 g/mol. The van der Waals surface area contributed by atoms with Crippen LogP contribution in [0.3, 0.4) is 0 Å². The number of benzene rings is 1. The third-order valence-corrected chi connectivity index (χ3v) is 3.82. The van der Waals surface area contributed by atoms with Crippen LogP contribution in [0.4, 0.5) is 18.0 Å². The second kappa shape index (κ2) is 8.44. The Labute approximate surface area is 148 Å². The molecule has 0 heterocycles. The summed E-state index contributed by atoms with van der Waals surface area (Å²) in [5.41, 5.74) is -0.645. The molecule has 0 aliphatic rings. The normalized spacial score (nSPS) is 12.4. The second-order valence-corrected chi connectivity index (χ2v) is 5.75. The van der Waals surface area contributed by atoms with E-state index in [4.69, 9.17) is 23.2 Å². The maximum atomic E-state index is 12.8. The lowest BCUT2D eigenvalue weighted by atomic mass is 10.0. The Morgan fingerprint density at radius 3 is 2.50 bits per heavy atom. The topological polar surface area (TPSA) is 29.5 Å². The van der Waals surface area contributed by atoms with Crippen molar-refractivity contribution in [2.75, 3.05) is 13.7 Å². The van der Waals surface area contributed by atoms with Crippen molar-refractivity contribution in [1.82, 2.24) is 4.90 Å². The van der Waals surface area contributed by atoms with E-state index in [1.807, 2.05) is 0 Å². The van der Waals surface area contributed by atoms with Crippen molar-refractivity contribution in [2.45, 2.75) is 18.6 Å². The van der Waals surface area contributed by atoms with Crippen LogP contribution in [0.2, 0.25) is 10.0 Å². The number of amides is 1. The zero-order chi connectivity index (χ0) is 18.5. The Morgan fingerprint density at radius 2 is 2.04 bits per heavy atom. The quantitative estimate of drug-likeness (QED) is 0.582. The van der Waals surface area contributed by atoms with Gasteiger partial charge in [-0.3, -0.25) is 4.90 Å². The van der Waals surface area contributed by atoms with Gasteiger partial charge in [0.2, 0.25) is 0 Å². The van der Waals surface area contributed by atoms with Gasteiger partial charge < -0.3 is 4.74 Å². The van der Waals surface area contributed by atoms with Crippen molar-refractivity contribution in [2.24, 2.45) is 0 Å². The van der Waals surface area contributed by atoms with Crippen LogP contribution in [0.1, 0.15) is 18.0 Å². The smallest absolute Gasteiger partial charge is 0.413 e. The van der Waals surface area contributed by atoms with E-state index < -0.39 is 30.4 Å². The van der Waals surface area contributed by atoms with E-state index in [-0.39, 0.29) is 11.4 Å². The number of halogens is 5. The van der Waals surface area contributed by atoms with E-state index in [1.165, 1.54) is 18.2 Å². The molecule has 0 aliphatic heterocycles. The van der Waals surface area contributed by atoms with E-state index in [0.717, 1.165) is 12.0 Å². The van der Waals surface area contributed by atoms with E-state index in [2.05, 4.69) is 17.9 Å². The predicted octanol–water partition coefficient (Wildman–Crippen LogP) is 5.80. The molecule has 1 amide bonds. The summed E-state index contributed by atoms with van der Waals surface area (Å²) in [5, 5.41) is 0.589. The Morgan fingerprint density at radius 1 is 1.42 bits per heavy atom. The van der Waals surface area contributed by atoms with Gasteiger partial charge in [-0.2, -0.15) is 13.2 Å². The number of ether oxygens (including phenoxy) is 1. The molecule has 0 aliphatic carbocycles. The zero-order valence-corrected chi connectivity index (χ0v) is 14.4. The summed E-state index contributed by atoms with van der Waals surface area (Å²) in [7, 11) is 1.08. The van der Waals surface area contributed by atoms with Crippen LogP contribution in [0, 0.1) is 0 Å². The number of alkyl halides is 3. The van der Waals surface area contributed by atoms with Gasteiger partial charge in [0, 0.05) is 15.6 Å². The molecule has 1 rings (SSSR count). The minimum Gasteiger partial charge on any atom is -0.453 e. The minimum absolute atomic E-state index is 0.168. The number of carbonyl (C=O) groups excluding carboxylic acids is 1.